The molecule has 1 aliphatic heterocycles. The number of benzene rings is 1. The van der Waals surface area contributed by atoms with Crippen LogP contribution in [0.4, 0.5) is 0 Å². The first-order chi connectivity index (χ1) is 10.7. The number of carbonyl (C=O) groups is 1. The van der Waals surface area contributed by atoms with E-state index in [9.17, 15) is 4.79 Å². The van der Waals surface area contributed by atoms with Crippen molar-refractivity contribution in [1.82, 2.24) is 16.0 Å². The summed E-state index contributed by atoms with van der Waals surface area (Å²) in [5.74, 6) is 0.950. The number of aryl methyl sites for hydroxylation is 1. The Balaban J connectivity index is 1.98. The quantitative estimate of drug-likeness (QED) is 0.571. The maximum atomic E-state index is 11.2. The molecule has 1 unspecified atom stereocenters. The number of piperidine rings is 1. The van der Waals surface area contributed by atoms with Crippen LogP contribution in [0.5, 0.6) is 0 Å². The standard InChI is InChI=1S/C17H26N4O/c1-3-13-7-5-6-8-14(13)11-20-17(18-4-2)21-15-9-10-16(22)19-12-15/h5-8,15H,3-4,9-12H2,1-2H3,(H,19,22)(H2,18,20,21). The zero-order chi connectivity index (χ0) is 15.8. The SMILES string of the molecule is CCNC(=NCc1ccccc1CC)NC1CCC(=O)NC1. The van der Waals surface area contributed by atoms with Crippen molar-refractivity contribution in [2.24, 2.45) is 4.99 Å². The molecule has 1 aromatic carbocycles. The number of rotatable bonds is 5. The Kier molecular flexibility index (Phi) is 6.25. The van der Waals surface area contributed by atoms with Gasteiger partial charge in [0.05, 0.1) is 6.54 Å². The van der Waals surface area contributed by atoms with Crippen LogP contribution >= 0.6 is 0 Å². The number of nitrogens with one attached hydrogen (secondary N) is 3. The maximum Gasteiger partial charge on any atom is 0.220 e. The summed E-state index contributed by atoms with van der Waals surface area (Å²) < 4.78 is 0. The van der Waals surface area contributed by atoms with Crippen LogP contribution < -0.4 is 16.0 Å². The predicted molar refractivity (Wildman–Crippen MR) is 89.8 cm³/mol. The van der Waals surface area contributed by atoms with E-state index >= 15 is 0 Å². The monoisotopic (exact) mass is 302 g/mol. The van der Waals surface area contributed by atoms with Gasteiger partial charge >= 0.3 is 0 Å². The number of hydrogen-bond donors (Lipinski definition) is 3. The molecule has 1 aromatic rings. The van der Waals surface area contributed by atoms with Crippen LogP contribution in [-0.4, -0.2) is 31.0 Å². The third-order valence-electron chi connectivity index (χ3n) is 3.86. The lowest BCUT2D eigenvalue weighted by atomic mass is 10.1. The van der Waals surface area contributed by atoms with Crippen molar-refractivity contribution in [1.29, 1.82) is 0 Å². The first kappa shape index (κ1) is 16.3. The molecule has 0 spiro atoms. The van der Waals surface area contributed by atoms with Crippen LogP contribution in [0.15, 0.2) is 29.3 Å². The van der Waals surface area contributed by atoms with Crippen LogP contribution in [0, 0.1) is 0 Å². The largest absolute Gasteiger partial charge is 0.357 e. The molecule has 0 radical (unpaired) electrons. The molecule has 1 fully saturated rings. The molecule has 1 aliphatic rings. The van der Waals surface area contributed by atoms with Crippen LogP contribution in [0.2, 0.25) is 0 Å². The van der Waals surface area contributed by atoms with Gasteiger partial charge in [-0.2, -0.15) is 0 Å². The highest BCUT2D eigenvalue weighted by Gasteiger charge is 2.18. The van der Waals surface area contributed by atoms with Gasteiger partial charge in [-0.1, -0.05) is 31.2 Å². The highest BCUT2D eigenvalue weighted by atomic mass is 16.1. The van der Waals surface area contributed by atoms with Gasteiger partial charge in [0, 0.05) is 25.6 Å². The minimum Gasteiger partial charge on any atom is -0.357 e. The van der Waals surface area contributed by atoms with Gasteiger partial charge < -0.3 is 16.0 Å². The van der Waals surface area contributed by atoms with Gasteiger partial charge in [0.1, 0.15) is 0 Å². The van der Waals surface area contributed by atoms with Crippen molar-refractivity contribution < 1.29 is 4.79 Å². The van der Waals surface area contributed by atoms with Crippen molar-refractivity contribution in [2.75, 3.05) is 13.1 Å². The molecule has 2 rings (SSSR count). The normalized spacial score (nSPS) is 18.7. The van der Waals surface area contributed by atoms with Gasteiger partial charge in [-0.05, 0) is 30.9 Å². The Hall–Kier alpha value is -2.04. The Morgan fingerprint density at radius 3 is 2.73 bits per heavy atom. The van der Waals surface area contributed by atoms with E-state index in [4.69, 9.17) is 0 Å². The van der Waals surface area contributed by atoms with E-state index in [1.165, 1.54) is 11.1 Å². The van der Waals surface area contributed by atoms with Gasteiger partial charge in [-0.15, -0.1) is 0 Å². The van der Waals surface area contributed by atoms with E-state index in [1.807, 2.05) is 0 Å². The molecule has 5 nitrogen and oxygen atoms in total. The van der Waals surface area contributed by atoms with Crippen LogP contribution in [0.1, 0.15) is 37.8 Å². The molecule has 3 N–H and O–H groups in total. The van der Waals surface area contributed by atoms with E-state index in [0.29, 0.717) is 19.5 Å². The molecule has 1 heterocycles. The third kappa shape index (κ3) is 4.76. The first-order valence-corrected chi connectivity index (χ1v) is 8.11. The summed E-state index contributed by atoms with van der Waals surface area (Å²) in [5.41, 5.74) is 2.60. The molecule has 5 heteroatoms. The van der Waals surface area contributed by atoms with Gasteiger partial charge in [-0.25, -0.2) is 4.99 Å². The number of nitrogens with zero attached hydrogens (tertiary/aromatic N) is 1. The van der Waals surface area contributed by atoms with E-state index in [1.54, 1.807) is 0 Å². The highest BCUT2D eigenvalue weighted by molar-refractivity contribution is 5.81. The van der Waals surface area contributed by atoms with E-state index in [-0.39, 0.29) is 11.9 Å². The minimum atomic E-state index is 0.136. The van der Waals surface area contributed by atoms with Crippen molar-refractivity contribution in [2.45, 2.75) is 45.7 Å². The van der Waals surface area contributed by atoms with E-state index in [2.05, 4.69) is 59.1 Å². The number of amides is 1. The fourth-order valence-electron chi connectivity index (χ4n) is 2.59. The number of aliphatic imine (C=N–C) groups is 1. The summed E-state index contributed by atoms with van der Waals surface area (Å²) in [4.78, 5) is 15.9. The molecule has 22 heavy (non-hydrogen) atoms. The third-order valence-corrected chi connectivity index (χ3v) is 3.86. The second-order valence-corrected chi connectivity index (χ2v) is 5.50. The molecule has 0 saturated carbocycles. The maximum absolute atomic E-state index is 11.2. The molecular weight excluding hydrogens is 276 g/mol. The van der Waals surface area contributed by atoms with E-state index in [0.717, 1.165) is 25.3 Å². The summed E-state index contributed by atoms with van der Waals surface area (Å²) in [6, 6.07) is 8.66. The number of hydrogen-bond acceptors (Lipinski definition) is 2. The molecule has 1 saturated heterocycles. The van der Waals surface area contributed by atoms with Crippen molar-refractivity contribution in [3.8, 4) is 0 Å². The lowest BCUT2D eigenvalue weighted by Crippen LogP contribution is -2.51. The molecule has 0 bridgehead atoms. The molecular formula is C17H26N4O. The second-order valence-electron chi connectivity index (χ2n) is 5.50. The van der Waals surface area contributed by atoms with Gasteiger partial charge in [-0.3, -0.25) is 4.79 Å². The topological polar surface area (TPSA) is 65.5 Å². The van der Waals surface area contributed by atoms with Gasteiger partial charge in [0.25, 0.3) is 0 Å². The van der Waals surface area contributed by atoms with Gasteiger partial charge in [0.2, 0.25) is 5.91 Å². The van der Waals surface area contributed by atoms with Gasteiger partial charge in [0.15, 0.2) is 5.96 Å². The lowest BCUT2D eigenvalue weighted by molar-refractivity contribution is -0.122. The van der Waals surface area contributed by atoms with Crippen molar-refractivity contribution in [3.05, 3.63) is 35.4 Å². The fraction of sp³-hybridized carbons (Fsp3) is 0.529. The molecule has 120 valence electrons. The highest BCUT2D eigenvalue weighted by Crippen LogP contribution is 2.10. The lowest BCUT2D eigenvalue weighted by Gasteiger charge is -2.25. The minimum absolute atomic E-state index is 0.136. The van der Waals surface area contributed by atoms with E-state index < -0.39 is 0 Å². The summed E-state index contributed by atoms with van der Waals surface area (Å²) in [6.45, 7) is 6.37. The molecule has 0 aromatic heterocycles. The zero-order valence-corrected chi connectivity index (χ0v) is 13.5. The van der Waals surface area contributed by atoms with Crippen LogP contribution in [0.25, 0.3) is 0 Å². The van der Waals surface area contributed by atoms with Crippen molar-refractivity contribution >= 4 is 11.9 Å². The second kappa shape index (κ2) is 8.41. The first-order valence-electron chi connectivity index (χ1n) is 8.11. The molecule has 0 aliphatic carbocycles. The van der Waals surface area contributed by atoms with Crippen LogP contribution in [-0.2, 0) is 17.8 Å². The Bertz CT molecular complexity index is 517. The zero-order valence-electron chi connectivity index (χ0n) is 13.5. The predicted octanol–water partition coefficient (Wildman–Crippen LogP) is 1.58. The Morgan fingerprint density at radius 1 is 1.32 bits per heavy atom. The summed E-state index contributed by atoms with van der Waals surface area (Å²) in [5, 5.41) is 9.57. The molecule has 1 atom stereocenters. The smallest absolute Gasteiger partial charge is 0.220 e. The Labute approximate surface area is 132 Å². The average Bonchev–Trinajstić information content (AvgIpc) is 2.55. The molecule has 1 amide bonds. The Morgan fingerprint density at radius 2 is 2.09 bits per heavy atom. The average molecular weight is 302 g/mol. The number of guanidine groups is 1. The van der Waals surface area contributed by atoms with Crippen molar-refractivity contribution in [3.63, 3.8) is 0 Å². The summed E-state index contributed by atoms with van der Waals surface area (Å²) >= 11 is 0. The fourth-order valence-corrected chi connectivity index (χ4v) is 2.59. The van der Waals surface area contributed by atoms with Crippen LogP contribution in [0.3, 0.4) is 0 Å². The summed E-state index contributed by atoms with van der Waals surface area (Å²) in [6.07, 6.45) is 2.45. The summed E-state index contributed by atoms with van der Waals surface area (Å²) in [7, 11) is 0. The number of carbonyl (C=O) groups excluding carboxylic acids is 1.